The molecular formula is C15H22ClFN4O2. The number of amides is 1. The van der Waals surface area contributed by atoms with Gasteiger partial charge in [-0.3, -0.25) is 0 Å². The summed E-state index contributed by atoms with van der Waals surface area (Å²) in [5, 5.41) is 3.25. The number of hydrogen-bond donors (Lipinski definition) is 1. The number of halogens is 2. The molecule has 0 spiro atoms. The molecule has 1 aliphatic rings. The van der Waals surface area contributed by atoms with E-state index in [1.54, 1.807) is 27.0 Å². The molecule has 2 rings (SSSR count). The standard InChI is InChI=1S/C15H22ClFN4O2/c1-9-6-19-13(16)20-12(9)18-7-11-5-10(17)8-21(11)14(22)23-15(2,3)4/h6,10-11H,5,7-8H2,1-4H3,(H,18,19,20)/t10-,11-/m0/s1. The lowest BCUT2D eigenvalue weighted by atomic mass is 10.2. The van der Waals surface area contributed by atoms with E-state index in [4.69, 9.17) is 16.3 Å². The van der Waals surface area contributed by atoms with Gasteiger partial charge in [0.25, 0.3) is 0 Å². The monoisotopic (exact) mass is 344 g/mol. The van der Waals surface area contributed by atoms with Crippen LogP contribution in [0.25, 0.3) is 0 Å². The Morgan fingerprint density at radius 2 is 2.26 bits per heavy atom. The number of nitrogens with zero attached hydrogens (tertiary/aromatic N) is 3. The van der Waals surface area contributed by atoms with Crippen LogP contribution in [0.5, 0.6) is 0 Å². The van der Waals surface area contributed by atoms with E-state index in [2.05, 4.69) is 15.3 Å². The van der Waals surface area contributed by atoms with Crippen LogP contribution in [0.1, 0.15) is 32.8 Å². The van der Waals surface area contributed by atoms with E-state index in [1.165, 1.54) is 4.90 Å². The summed E-state index contributed by atoms with van der Waals surface area (Å²) in [7, 11) is 0. The number of aromatic nitrogens is 2. The van der Waals surface area contributed by atoms with Crippen molar-refractivity contribution in [3.63, 3.8) is 0 Å². The molecule has 1 saturated heterocycles. The van der Waals surface area contributed by atoms with Gasteiger partial charge in [-0.15, -0.1) is 0 Å². The second-order valence-corrected chi connectivity index (χ2v) is 7.01. The second kappa shape index (κ2) is 6.86. The number of anilines is 1. The molecule has 1 N–H and O–H groups in total. The summed E-state index contributed by atoms with van der Waals surface area (Å²) in [6.45, 7) is 7.61. The van der Waals surface area contributed by atoms with Gasteiger partial charge in [-0.25, -0.2) is 19.2 Å². The van der Waals surface area contributed by atoms with Gasteiger partial charge in [0.2, 0.25) is 5.28 Å². The van der Waals surface area contributed by atoms with Crippen molar-refractivity contribution in [3.8, 4) is 0 Å². The zero-order valence-corrected chi connectivity index (χ0v) is 14.5. The van der Waals surface area contributed by atoms with Gasteiger partial charge in [0.1, 0.15) is 17.6 Å². The van der Waals surface area contributed by atoms with Crippen molar-refractivity contribution in [1.82, 2.24) is 14.9 Å². The Morgan fingerprint density at radius 1 is 1.57 bits per heavy atom. The molecule has 2 atom stereocenters. The molecule has 1 amide bonds. The van der Waals surface area contributed by atoms with E-state index in [9.17, 15) is 9.18 Å². The SMILES string of the molecule is Cc1cnc(Cl)nc1NC[C@@H]1C[C@H](F)CN1C(=O)OC(C)(C)C. The minimum Gasteiger partial charge on any atom is -0.444 e. The first-order valence-electron chi connectivity index (χ1n) is 7.52. The number of rotatable bonds is 3. The fourth-order valence-corrected chi connectivity index (χ4v) is 2.54. The number of likely N-dealkylation sites (tertiary alicyclic amines) is 1. The lowest BCUT2D eigenvalue weighted by molar-refractivity contribution is 0.0226. The molecule has 0 aliphatic carbocycles. The number of carbonyl (C=O) groups excluding carboxylic acids is 1. The summed E-state index contributed by atoms with van der Waals surface area (Å²) < 4.78 is 19.1. The van der Waals surface area contributed by atoms with Crippen LogP contribution in [-0.2, 0) is 4.74 Å². The van der Waals surface area contributed by atoms with E-state index < -0.39 is 17.9 Å². The Morgan fingerprint density at radius 3 is 2.91 bits per heavy atom. The van der Waals surface area contributed by atoms with Crippen molar-refractivity contribution in [2.75, 3.05) is 18.4 Å². The summed E-state index contributed by atoms with van der Waals surface area (Å²) in [4.78, 5) is 21.6. The smallest absolute Gasteiger partial charge is 0.410 e. The highest BCUT2D eigenvalue weighted by atomic mass is 35.5. The Kier molecular flexibility index (Phi) is 5.29. The molecule has 0 bridgehead atoms. The molecule has 0 aromatic carbocycles. The largest absolute Gasteiger partial charge is 0.444 e. The van der Waals surface area contributed by atoms with Gasteiger partial charge >= 0.3 is 6.09 Å². The normalized spacial score (nSPS) is 21.4. The molecule has 1 fully saturated rings. The summed E-state index contributed by atoms with van der Waals surface area (Å²) in [5.74, 6) is 0.580. The molecule has 1 aromatic rings. The van der Waals surface area contributed by atoms with Crippen LogP contribution in [0.3, 0.4) is 0 Å². The Labute approximate surface area is 140 Å². The van der Waals surface area contributed by atoms with Crippen molar-refractivity contribution in [2.45, 2.75) is 51.9 Å². The zero-order chi connectivity index (χ0) is 17.2. The second-order valence-electron chi connectivity index (χ2n) is 6.67. The van der Waals surface area contributed by atoms with Crippen LogP contribution in [-0.4, -0.2) is 51.9 Å². The van der Waals surface area contributed by atoms with Crippen molar-refractivity contribution >= 4 is 23.5 Å². The molecule has 0 saturated carbocycles. The third-order valence-corrected chi connectivity index (χ3v) is 3.62. The highest BCUT2D eigenvalue weighted by molar-refractivity contribution is 6.28. The average Bonchev–Trinajstić information content (AvgIpc) is 2.79. The topological polar surface area (TPSA) is 67.4 Å². The van der Waals surface area contributed by atoms with Gasteiger partial charge in [-0.2, -0.15) is 0 Å². The molecule has 128 valence electrons. The third kappa shape index (κ3) is 4.92. The molecule has 1 aliphatic heterocycles. The number of alkyl halides is 1. The number of ether oxygens (including phenoxy) is 1. The molecule has 1 aromatic heterocycles. The molecule has 23 heavy (non-hydrogen) atoms. The van der Waals surface area contributed by atoms with E-state index in [0.717, 1.165) is 5.56 Å². The highest BCUT2D eigenvalue weighted by Gasteiger charge is 2.37. The van der Waals surface area contributed by atoms with Crippen LogP contribution < -0.4 is 5.32 Å². The summed E-state index contributed by atoms with van der Waals surface area (Å²) in [6, 6.07) is -0.298. The van der Waals surface area contributed by atoms with Crippen molar-refractivity contribution in [1.29, 1.82) is 0 Å². The quantitative estimate of drug-likeness (QED) is 0.853. The van der Waals surface area contributed by atoms with E-state index in [0.29, 0.717) is 12.4 Å². The maximum absolute atomic E-state index is 13.8. The number of carbonyl (C=O) groups is 1. The van der Waals surface area contributed by atoms with Crippen LogP contribution in [0.15, 0.2) is 6.20 Å². The Hall–Kier alpha value is -1.63. The predicted octanol–water partition coefficient (Wildman–Crippen LogP) is 3.20. The summed E-state index contributed by atoms with van der Waals surface area (Å²) >= 11 is 5.78. The van der Waals surface area contributed by atoms with Gasteiger partial charge in [0.15, 0.2) is 0 Å². The maximum atomic E-state index is 13.8. The lowest BCUT2D eigenvalue weighted by Gasteiger charge is -2.28. The lowest BCUT2D eigenvalue weighted by Crippen LogP contribution is -2.42. The molecule has 2 heterocycles. The number of hydrogen-bond acceptors (Lipinski definition) is 5. The predicted molar refractivity (Wildman–Crippen MR) is 86.5 cm³/mol. The van der Waals surface area contributed by atoms with Crippen molar-refractivity contribution in [2.24, 2.45) is 0 Å². The van der Waals surface area contributed by atoms with Crippen LogP contribution in [0.2, 0.25) is 5.28 Å². The van der Waals surface area contributed by atoms with Gasteiger partial charge in [0, 0.05) is 24.7 Å². The first-order chi connectivity index (χ1) is 10.7. The minimum absolute atomic E-state index is 0.0464. The molecule has 0 unspecified atom stereocenters. The van der Waals surface area contributed by atoms with Crippen molar-refractivity contribution in [3.05, 3.63) is 17.0 Å². The van der Waals surface area contributed by atoms with Gasteiger partial charge in [-0.05, 0) is 39.3 Å². The number of aryl methyl sites for hydroxylation is 1. The highest BCUT2D eigenvalue weighted by Crippen LogP contribution is 2.24. The molecule has 0 radical (unpaired) electrons. The van der Waals surface area contributed by atoms with Crippen LogP contribution in [0.4, 0.5) is 15.0 Å². The zero-order valence-electron chi connectivity index (χ0n) is 13.8. The average molecular weight is 345 g/mol. The number of nitrogens with one attached hydrogen (secondary N) is 1. The summed E-state index contributed by atoms with van der Waals surface area (Å²) in [5.41, 5.74) is 0.216. The molecule has 6 nitrogen and oxygen atoms in total. The van der Waals surface area contributed by atoms with Gasteiger partial charge in [0.05, 0.1) is 12.6 Å². The van der Waals surface area contributed by atoms with Gasteiger partial charge in [-0.1, -0.05) is 0 Å². The van der Waals surface area contributed by atoms with E-state index >= 15 is 0 Å². The maximum Gasteiger partial charge on any atom is 0.410 e. The third-order valence-electron chi connectivity index (χ3n) is 3.44. The Bertz CT molecular complexity index is 579. The first-order valence-corrected chi connectivity index (χ1v) is 7.90. The van der Waals surface area contributed by atoms with E-state index in [-0.39, 0.29) is 24.3 Å². The minimum atomic E-state index is -1.05. The fraction of sp³-hybridized carbons (Fsp3) is 0.667. The van der Waals surface area contributed by atoms with Crippen LogP contribution >= 0.6 is 11.6 Å². The first kappa shape index (κ1) is 17.7. The fourth-order valence-electron chi connectivity index (χ4n) is 2.41. The Balaban J connectivity index is 2.02. The summed E-state index contributed by atoms with van der Waals surface area (Å²) in [6.07, 6.45) is 0.325. The van der Waals surface area contributed by atoms with Crippen LogP contribution in [0, 0.1) is 6.92 Å². The molecular weight excluding hydrogens is 323 g/mol. The van der Waals surface area contributed by atoms with E-state index in [1.807, 2.05) is 6.92 Å². The van der Waals surface area contributed by atoms with Crippen molar-refractivity contribution < 1.29 is 13.9 Å². The molecule has 8 heteroatoms. The van der Waals surface area contributed by atoms with Gasteiger partial charge < -0.3 is 15.0 Å².